The van der Waals surface area contributed by atoms with E-state index < -0.39 is 0 Å². The van der Waals surface area contributed by atoms with Gasteiger partial charge < -0.3 is 14.2 Å². The van der Waals surface area contributed by atoms with Crippen LogP contribution in [0.5, 0.6) is 0 Å². The van der Waals surface area contributed by atoms with E-state index in [9.17, 15) is 5.21 Å². The average Bonchev–Trinajstić information content (AvgIpc) is 3.36. The molecule has 0 radical (unpaired) electrons. The Kier molecular flexibility index (Phi) is 3.00. The topological polar surface area (TPSA) is 63.6 Å². The summed E-state index contributed by atoms with van der Waals surface area (Å²) in [4.78, 5) is 4.28. The Morgan fingerprint density at radius 1 is 1.20 bits per heavy atom. The molecule has 2 aromatic heterocycles. The van der Waals surface area contributed by atoms with Gasteiger partial charge in [-0.1, -0.05) is 29.4 Å². The molecule has 0 bridgehead atoms. The lowest BCUT2D eigenvalue weighted by Gasteiger charge is -2.15. The normalized spacial score (nSPS) is 16.2. The zero-order valence-electron chi connectivity index (χ0n) is 13.3. The molecule has 25 heavy (non-hydrogen) atoms. The first kappa shape index (κ1) is 14.0. The van der Waals surface area contributed by atoms with Gasteiger partial charge in [0.25, 0.3) is 0 Å². The van der Waals surface area contributed by atoms with Crippen LogP contribution in [0.15, 0.2) is 76.9 Å². The Labute approximate surface area is 143 Å². The van der Waals surface area contributed by atoms with Crippen LogP contribution in [0.25, 0.3) is 22.2 Å². The minimum atomic E-state index is 0.0691. The van der Waals surface area contributed by atoms with Crippen molar-refractivity contribution in [2.24, 2.45) is 5.16 Å². The van der Waals surface area contributed by atoms with Crippen molar-refractivity contribution < 1.29 is 9.62 Å². The number of oxime groups is 1. The summed E-state index contributed by atoms with van der Waals surface area (Å²) in [7, 11) is 0. The third-order valence-electron chi connectivity index (χ3n) is 4.89. The highest BCUT2D eigenvalue weighted by Crippen LogP contribution is 2.41. The molecule has 5 rings (SSSR count). The maximum absolute atomic E-state index is 9.65. The first-order valence-electron chi connectivity index (χ1n) is 8.15. The van der Waals surface area contributed by atoms with E-state index in [1.807, 2.05) is 48.9 Å². The van der Waals surface area contributed by atoms with Gasteiger partial charge in [-0.05, 0) is 29.8 Å². The average molecular weight is 329 g/mol. The minimum absolute atomic E-state index is 0.0691. The lowest BCUT2D eigenvalue weighted by Crippen LogP contribution is -2.12. The fraction of sp³-hybridized carbons (Fsp3) is 0.100. The van der Waals surface area contributed by atoms with E-state index in [1.165, 1.54) is 11.1 Å². The van der Waals surface area contributed by atoms with E-state index in [-0.39, 0.29) is 6.04 Å². The van der Waals surface area contributed by atoms with Gasteiger partial charge in [-0.25, -0.2) is 4.98 Å². The third kappa shape index (κ3) is 2.09. The zero-order chi connectivity index (χ0) is 16.8. The van der Waals surface area contributed by atoms with E-state index >= 15 is 0 Å². The number of fused-ring (bicyclic) bond motifs is 4. The molecular formula is C20H15N3O2. The molecule has 0 spiro atoms. The van der Waals surface area contributed by atoms with Gasteiger partial charge in [0.15, 0.2) is 0 Å². The first-order valence-corrected chi connectivity index (χ1v) is 8.15. The molecule has 4 aromatic rings. The Balaban J connectivity index is 1.56. The van der Waals surface area contributed by atoms with Crippen molar-refractivity contribution in [1.82, 2.24) is 9.55 Å². The van der Waals surface area contributed by atoms with Crippen molar-refractivity contribution in [3.05, 3.63) is 78.4 Å². The summed E-state index contributed by atoms with van der Waals surface area (Å²) in [5.41, 5.74) is 5.87. The van der Waals surface area contributed by atoms with Crippen molar-refractivity contribution in [3.8, 4) is 11.3 Å². The van der Waals surface area contributed by atoms with Crippen LogP contribution in [0.4, 0.5) is 0 Å². The first-order chi connectivity index (χ1) is 12.3. The minimum Gasteiger partial charge on any atom is -0.464 e. The van der Waals surface area contributed by atoms with Crippen LogP contribution < -0.4 is 0 Å². The summed E-state index contributed by atoms with van der Waals surface area (Å²) >= 11 is 0. The van der Waals surface area contributed by atoms with E-state index in [2.05, 4.69) is 26.8 Å². The van der Waals surface area contributed by atoms with Crippen LogP contribution in [0.2, 0.25) is 0 Å². The van der Waals surface area contributed by atoms with Crippen molar-refractivity contribution in [1.29, 1.82) is 0 Å². The van der Waals surface area contributed by atoms with Gasteiger partial charge in [0.05, 0.1) is 36.2 Å². The molecule has 1 aliphatic heterocycles. The lowest BCUT2D eigenvalue weighted by atomic mass is 9.96. The summed E-state index contributed by atoms with van der Waals surface area (Å²) in [6.45, 7) is 0. The summed E-state index contributed by atoms with van der Waals surface area (Å²) in [6, 6.07) is 16.1. The number of imidazole rings is 1. The van der Waals surface area contributed by atoms with Crippen molar-refractivity contribution in [2.75, 3.05) is 0 Å². The number of benzene rings is 2. The van der Waals surface area contributed by atoms with Crippen LogP contribution in [-0.2, 0) is 0 Å². The molecule has 1 atom stereocenters. The largest absolute Gasteiger partial charge is 0.464 e. The quantitative estimate of drug-likeness (QED) is 0.343. The van der Waals surface area contributed by atoms with Gasteiger partial charge in [0.2, 0.25) is 0 Å². The van der Waals surface area contributed by atoms with Gasteiger partial charge in [-0.2, -0.15) is 0 Å². The fourth-order valence-corrected chi connectivity index (χ4v) is 3.69. The molecule has 0 fully saturated rings. The molecule has 0 amide bonds. The van der Waals surface area contributed by atoms with Crippen molar-refractivity contribution >= 4 is 16.7 Å². The predicted octanol–water partition coefficient (Wildman–Crippen LogP) is 4.47. The van der Waals surface area contributed by atoms with E-state index in [0.717, 1.165) is 22.2 Å². The Hall–Kier alpha value is -3.34. The summed E-state index contributed by atoms with van der Waals surface area (Å²) < 4.78 is 7.53. The van der Waals surface area contributed by atoms with Crippen LogP contribution in [0.1, 0.15) is 23.6 Å². The molecule has 0 saturated heterocycles. The summed E-state index contributed by atoms with van der Waals surface area (Å²) in [5, 5.41) is 14.2. The van der Waals surface area contributed by atoms with Crippen LogP contribution in [0, 0.1) is 0 Å². The lowest BCUT2D eigenvalue weighted by molar-refractivity contribution is 0.317. The maximum Gasteiger partial charge on any atom is 0.133 e. The number of furan rings is 1. The Bertz CT molecular complexity index is 1110. The van der Waals surface area contributed by atoms with Crippen molar-refractivity contribution in [3.63, 3.8) is 0 Å². The molecule has 0 aliphatic carbocycles. The van der Waals surface area contributed by atoms with Gasteiger partial charge in [-0.3, -0.25) is 0 Å². The molecular weight excluding hydrogens is 314 g/mol. The van der Waals surface area contributed by atoms with Gasteiger partial charge >= 0.3 is 0 Å². The monoisotopic (exact) mass is 329 g/mol. The number of aromatic nitrogens is 2. The van der Waals surface area contributed by atoms with Gasteiger partial charge in [-0.15, -0.1) is 0 Å². The summed E-state index contributed by atoms with van der Waals surface area (Å²) in [5.74, 6) is 0. The number of hydrogen-bond acceptors (Lipinski definition) is 4. The highest BCUT2D eigenvalue weighted by atomic mass is 16.4. The smallest absolute Gasteiger partial charge is 0.133 e. The number of rotatable bonds is 3. The van der Waals surface area contributed by atoms with Crippen LogP contribution in [-0.4, -0.2) is 20.5 Å². The van der Waals surface area contributed by atoms with Crippen molar-refractivity contribution in [2.45, 2.75) is 12.5 Å². The third-order valence-corrected chi connectivity index (χ3v) is 4.89. The second-order valence-electron chi connectivity index (χ2n) is 6.21. The molecule has 5 heteroatoms. The molecule has 122 valence electrons. The molecule has 2 aromatic carbocycles. The molecule has 1 aliphatic rings. The molecule has 1 N–H and O–H groups in total. The van der Waals surface area contributed by atoms with Crippen LogP contribution >= 0.6 is 0 Å². The van der Waals surface area contributed by atoms with E-state index in [4.69, 9.17) is 4.42 Å². The standard InChI is InChI=1S/C20H15N3O2/c24-22-17(13-5-6-20-14(9-13)7-8-25-20)10-18-15-3-1-2-4-16(15)19-11-21-12-23(18)19/h1-9,11-12,18,24H,10H2/b22-17-. The van der Waals surface area contributed by atoms with E-state index in [0.29, 0.717) is 12.1 Å². The maximum atomic E-state index is 9.65. The molecule has 0 saturated carbocycles. The summed E-state index contributed by atoms with van der Waals surface area (Å²) in [6.07, 6.45) is 5.97. The Morgan fingerprint density at radius 3 is 3.04 bits per heavy atom. The van der Waals surface area contributed by atoms with Crippen LogP contribution in [0.3, 0.4) is 0 Å². The highest BCUT2D eigenvalue weighted by Gasteiger charge is 2.29. The Morgan fingerprint density at radius 2 is 2.12 bits per heavy atom. The predicted molar refractivity (Wildman–Crippen MR) is 95.0 cm³/mol. The fourth-order valence-electron chi connectivity index (χ4n) is 3.69. The molecule has 5 nitrogen and oxygen atoms in total. The zero-order valence-corrected chi connectivity index (χ0v) is 13.3. The van der Waals surface area contributed by atoms with Gasteiger partial charge in [0, 0.05) is 22.9 Å². The van der Waals surface area contributed by atoms with E-state index in [1.54, 1.807) is 6.26 Å². The second kappa shape index (κ2) is 5.34. The molecule has 3 heterocycles. The highest BCUT2D eigenvalue weighted by molar-refractivity contribution is 6.03. The number of hydrogen-bond donors (Lipinski definition) is 1. The van der Waals surface area contributed by atoms with Gasteiger partial charge in [0.1, 0.15) is 5.58 Å². The SMILES string of the molecule is O/N=C(/CC1c2ccccc2-c2cncn21)c1ccc2occc2c1. The number of nitrogens with zero attached hydrogens (tertiary/aromatic N) is 3. The molecule has 1 unspecified atom stereocenters. The second-order valence-corrected chi connectivity index (χ2v) is 6.21.